The Hall–Kier alpha value is -1.76. The van der Waals surface area contributed by atoms with Crippen LogP contribution in [0.2, 0.25) is 0 Å². The molecule has 30 heavy (non-hydrogen) atoms. The molecule has 1 fully saturated rings. The van der Waals surface area contributed by atoms with Crippen LogP contribution < -0.4 is 5.32 Å². The SMILES string of the molecule is Cc1ccc(C(C)(C)N2CC[C@@](CCc3cccs3)(COCC3=NCCN3)C2)cn1. The number of hydrogen-bond donors (Lipinski definition) is 1. The molecule has 2 aromatic rings. The fraction of sp³-hybridized carbons (Fsp3) is 0.583. The zero-order valence-electron chi connectivity index (χ0n) is 18.5. The van der Waals surface area contributed by atoms with E-state index >= 15 is 0 Å². The Balaban J connectivity index is 1.45. The summed E-state index contributed by atoms with van der Waals surface area (Å²) in [6.07, 6.45) is 5.50. The van der Waals surface area contributed by atoms with Gasteiger partial charge in [-0.25, -0.2) is 0 Å². The van der Waals surface area contributed by atoms with E-state index in [2.05, 4.69) is 63.7 Å². The molecule has 5 nitrogen and oxygen atoms in total. The topological polar surface area (TPSA) is 49.8 Å². The quantitative estimate of drug-likeness (QED) is 0.658. The molecule has 0 bridgehead atoms. The second-order valence-corrected chi connectivity index (χ2v) is 10.3. The Labute approximate surface area is 184 Å². The van der Waals surface area contributed by atoms with E-state index in [1.165, 1.54) is 16.9 Å². The van der Waals surface area contributed by atoms with E-state index in [9.17, 15) is 0 Å². The summed E-state index contributed by atoms with van der Waals surface area (Å²) < 4.78 is 6.23. The molecule has 6 heteroatoms. The van der Waals surface area contributed by atoms with Crippen molar-refractivity contribution in [1.29, 1.82) is 0 Å². The molecule has 2 aliphatic rings. The number of aryl methyl sites for hydroxylation is 2. The van der Waals surface area contributed by atoms with Crippen molar-refractivity contribution in [1.82, 2.24) is 15.2 Å². The highest BCUT2D eigenvalue weighted by molar-refractivity contribution is 7.09. The van der Waals surface area contributed by atoms with Crippen LogP contribution in [-0.4, -0.2) is 55.1 Å². The standard InChI is InChI=1S/C24H34N4OS/c1-19-6-7-20(15-27-19)23(2,3)28-13-10-24(17-28,9-8-21-5-4-14-30-21)18-29-16-22-25-11-12-26-22/h4-7,14-15H,8-13,16-18H2,1-3H3,(H,25,26)/t24-/m1/s1. The fourth-order valence-corrected chi connectivity index (χ4v) is 5.28. The first-order chi connectivity index (χ1) is 14.5. The summed E-state index contributed by atoms with van der Waals surface area (Å²) in [7, 11) is 0. The number of amidine groups is 1. The van der Waals surface area contributed by atoms with Crippen LogP contribution in [0.15, 0.2) is 40.8 Å². The summed E-state index contributed by atoms with van der Waals surface area (Å²) in [4.78, 5) is 13.1. The third-order valence-electron chi connectivity index (χ3n) is 6.72. The van der Waals surface area contributed by atoms with Crippen molar-refractivity contribution in [3.63, 3.8) is 0 Å². The molecule has 0 spiro atoms. The lowest BCUT2D eigenvalue weighted by atomic mass is 9.82. The third-order valence-corrected chi connectivity index (χ3v) is 7.66. The molecule has 0 unspecified atom stereocenters. The molecular formula is C24H34N4OS. The predicted octanol–water partition coefficient (Wildman–Crippen LogP) is 4.03. The average Bonchev–Trinajstić information content (AvgIpc) is 3.50. The van der Waals surface area contributed by atoms with E-state index < -0.39 is 0 Å². The van der Waals surface area contributed by atoms with Crippen molar-refractivity contribution in [3.8, 4) is 0 Å². The number of nitrogens with one attached hydrogen (secondary N) is 1. The van der Waals surface area contributed by atoms with Gasteiger partial charge in [-0.1, -0.05) is 12.1 Å². The van der Waals surface area contributed by atoms with Crippen LogP contribution in [0.4, 0.5) is 0 Å². The molecule has 1 N–H and O–H groups in total. The van der Waals surface area contributed by atoms with Crippen LogP contribution in [0.1, 0.15) is 42.8 Å². The molecule has 2 aliphatic heterocycles. The van der Waals surface area contributed by atoms with Gasteiger partial charge in [0.2, 0.25) is 0 Å². The molecule has 0 saturated carbocycles. The van der Waals surface area contributed by atoms with Crippen molar-refractivity contribution in [3.05, 3.63) is 52.0 Å². The monoisotopic (exact) mass is 426 g/mol. The summed E-state index contributed by atoms with van der Waals surface area (Å²) in [5.41, 5.74) is 2.49. The first kappa shape index (κ1) is 21.5. The van der Waals surface area contributed by atoms with E-state index in [4.69, 9.17) is 4.74 Å². The van der Waals surface area contributed by atoms with Gasteiger partial charge in [-0.15, -0.1) is 11.3 Å². The Morgan fingerprint density at radius 3 is 2.90 bits per heavy atom. The number of thiophene rings is 1. The second kappa shape index (κ2) is 9.16. The lowest BCUT2D eigenvalue weighted by molar-refractivity contribution is 0.0488. The van der Waals surface area contributed by atoms with Crippen molar-refractivity contribution in [2.45, 2.75) is 45.6 Å². The van der Waals surface area contributed by atoms with Crippen LogP contribution >= 0.6 is 11.3 Å². The highest BCUT2D eigenvalue weighted by atomic mass is 32.1. The van der Waals surface area contributed by atoms with Crippen LogP contribution in [0.3, 0.4) is 0 Å². The lowest BCUT2D eigenvalue weighted by Crippen LogP contribution is -2.42. The van der Waals surface area contributed by atoms with Gasteiger partial charge in [0.1, 0.15) is 12.4 Å². The van der Waals surface area contributed by atoms with Gasteiger partial charge in [0.05, 0.1) is 13.2 Å². The zero-order chi connectivity index (χ0) is 21.0. The third kappa shape index (κ3) is 4.93. The molecule has 0 amide bonds. The number of aliphatic imine (C=N–C) groups is 1. The molecule has 1 atom stereocenters. The number of rotatable bonds is 9. The van der Waals surface area contributed by atoms with Gasteiger partial charge in [-0.2, -0.15) is 0 Å². The summed E-state index contributed by atoms with van der Waals surface area (Å²) in [5.74, 6) is 1.00. The Bertz CT molecular complexity index is 847. The van der Waals surface area contributed by atoms with Crippen molar-refractivity contribution >= 4 is 17.2 Å². The van der Waals surface area contributed by atoms with Crippen molar-refractivity contribution in [2.75, 3.05) is 39.4 Å². The largest absolute Gasteiger partial charge is 0.373 e. The minimum atomic E-state index is -0.0392. The average molecular weight is 427 g/mol. The maximum absolute atomic E-state index is 6.23. The first-order valence-electron chi connectivity index (χ1n) is 11.0. The second-order valence-electron chi connectivity index (χ2n) is 9.25. The van der Waals surface area contributed by atoms with Gasteiger partial charge < -0.3 is 10.1 Å². The van der Waals surface area contributed by atoms with Gasteiger partial charge in [0.25, 0.3) is 0 Å². The molecule has 1 saturated heterocycles. The minimum Gasteiger partial charge on any atom is -0.373 e. The number of ether oxygens (including phenoxy) is 1. The number of likely N-dealkylation sites (tertiary alicyclic amines) is 1. The van der Waals surface area contributed by atoms with Gasteiger partial charge in [0, 0.05) is 40.8 Å². The predicted molar refractivity (Wildman–Crippen MR) is 124 cm³/mol. The van der Waals surface area contributed by atoms with Crippen molar-refractivity contribution in [2.24, 2.45) is 10.4 Å². The molecule has 162 valence electrons. The van der Waals surface area contributed by atoms with Gasteiger partial charge in [0.15, 0.2) is 0 Å². The lowest BCUT2D eigenvalue weighted by Gasteiger charge is -2.38. The fourth-order valence-electron chi connectivity index (χ4n) is 4.57. The number of aromatic nitrogens is 1. The van der Waals surface area contributed by atoms with Gasteiger partial charge >= 0.3 is 0 Å². The summed E-state index contributed by atoms with van der Waals surface area (Å²) in [6, 6.07) is 8.76. The van der Waals surface area contributed by atoms with Gasteiger partial charge in [-0.05, 0) is 69.7 Å². The highest BCUT2D eigenvalue weighted by Gasteiger charge is 2.43. The minimum absolute atomic E-state index is 0.0392. The van der Waals surface area contributed by atoms with E-state index in [0.717, 1.165) is 57.2 Å². The molecule has 2 aromatic heterocycles. The molecule has 0 aromatic carbocycles. The molecular weight excluding hydrogens is 392 g/mol. The number of pyridine rings is 1. The van der Waals surface area contributed by atoms with E-state index in [0.29, 0.717) is 6.61 Å². The van der Waals surface area contributed by atoms with Crippen LogP contribution in [0.25, 0.3) is 0 Å². The Morgan fingerprint density at radius 1 is 1.30 bits per heavy atom. The normalized spacial score (nSPS) is 22.3. The summed E-state index contributed by atoms with van der Waals surface area (Å²) in [5, 5.41) is 5.49. The molecule has 0 radical (unpaired) electrons. The van der Waals surface area contributed by atoms with E-state index in [1.54, 1.807) is 0 Å². The summed E-state index contributed by atoms with van der Waals surface area (Å²) >= 11 is 1.86. The van der Waals surface area contributed by atoms with E-state index in [1.807, 2.05) is 24.5 Å². The maximum atomic E-state index is 6.23. The van der Waals surface area contributed by atoms with Crippen LogP contribution in [-0.2, 0) is 16.7 Å². The van der Waals surface area contributed by atoms with Crippen LogP contribution in [0.5, 0.6) is 0 Å². The number of nitrogens with zero attached hydrogens (tertiary/aromatic N) is 3. The molecule has 0 aliphatic carbocycles. The Morgan fingerprint density at radius 2 is 2.20 bits per heavy atom. The first-order valence-corrected chi connectivity index (χ1v) is 11.9. The Kier molecular flexibility index (Phi) is 6.56. The van der Waals surface area contributed by atoms with Crippen LogP contribution in [0, 0.1) is 12.3 Å². The van der Waals surface area contributed by atoms with Gasteiger partial charge in [-0.3, -0.25) is 14.9 Å². The maximum Gasteiger partial charge on any atom is 0.123 e. The molecule has 4 rings (SSSR count). The van der Waals surface area contributed by atoms with E-state index in [-0.39, 0.29) is 11.0 Å². The summed E-state index contributed by atoms with van der Waals surface area (Å²) in [6.45, 7) is 12.0. The smallest absolute Gasteiger partial charge is 0.123 e. The molecule has 4 heterocycles. The highest BCUT2D eigenvalue weighted by Crippen LogP contribution is 2.41. The zero-order valence-corrected chi connectivity index (χ0v) is 19.3. The number of hydrogen-bond acceptors (Lipinski definition) is 6. The van der Waals surface area contributed by atoms with Crippen molar-refractivity contribution < 1.29 is 4.74 Å².